The Kier molecular flexibility index (Phi) is 7.35. The third-order valence-electron chi connectivity index (χ3n) is 5.60. The van der Waals surface area contributed by atoms with Gasteiger partial charge in [0.1, 0.15) is 5.41 Å². The van der Waals surface area contributed by atoms with Crippen LogP contribution in [0.4, 0.5) is 0 Å². The maximum Gasteiger partial charge on any atom is 0.313 e. The topological polar surface area (TPSA) is 75.6 Å². The molecule has 0 saturated carbocycles. The van der Waals surface area contributed by atoms with Crippen LogP contribution >= 0.6 is 7.60 Å². The first kappa shape index (κ1) is 22.5. The number of hydrogen-bond donors (Lipinski definition) is 2. The zero-order chi connectivity index (χ0) is 21.6. The molecule has 0 aliphatic heterocycles. The zero-order valence-corrected chi connectivity index (χ0v) is 18.1. The smallest absolute Gasteiger partial charge is 0.313 e. The SMILES string of the molecule is [B]OP(=O)(O)CCCCC1(C(=O)NCCC)C(c2ccccc2)=Cc2ccccc21. The molecule has 0 saturated heterocycles. The van der Waals surface area contributed by atoms with Crippen molar-refractivity contribution in [1.29, 1.82) is 0 Å². The summed E-state index contributed by atoms with van der Waals surface area (Å²) in [6.07, 6.45) is 4.42. The molecule has 2 aromatic carbocycles. The van der Waals surface area contributed by atoms with Gasteiger partial charge in [0.25, 0.3) is 8.05 Å². The molecule has 2 atom stereocenters. The van der Waals surface area contributed by atoms with E-state index in [1.807, 2.05) is 61.5 Å². The highest BCUT2D eigenvalue weighted by Crippen LogP contribution is 2.50. The number of carbonyl (C=O) groups excluding carboxylic acids is 1. The van der Waals surface area contributed by atoms with E-state index < -0.39 is 13.0 Å². The second-order valence-corrected chi connectivity index (χ2v) is 9.53. The minimum atomic E-state index is -3.77. The largest absolute Gasteiger partial charge is 0.383 e. The molecule has 1 amide bonds. The first-order chi connectivity index (χ1) is 14.4. The van der Waals surface area contributed by atoms with Gasteiger partial charge in [0.15, 0.2) is 0 Å². The molecule has 1 aliphatic rings. The molecule has 3 rings (SSSR count). The van der Waals surface area contributed by atoms with Gasteiger partial charge in [-0.05, 0) is 47.6 Å². The Morgan fingerprint density at radius 3 is 2.53 bits per heavy atom. The average Bonchev–Trinajstić information content (AvgIpc) is 3.11. The maximum absolute atomic E-state index is 13.6. The van der Waals surface area contributed by atoms with E-state index >= 15 is 0 Å². The molecular formula is C23H27BNO4P. The van der Waals surface area contributed by atoms with Gasteiger partial charge in [0.05, 0.1) is 0 Å². The number of rotatable bonds is 10. The van der Waals surface area contributed by atoms with Gasteiger partial charge in [-0.25, -0.2) is 0 Å². The van der Waals surface area contributed by atoms with E-state index in [-0.39, 0.29) is 12.1 Å². The van der Waals surface area contributed by atoms with Gasteiger partial charge in [0.2, 0.25) is 5.91 Å². The minimum Gasteiger partial charge on any atom is -0.383 e. The molecule has 5 nitrogen and oxygen atoms in total. The fourth-order valence-corrected chi connectivity index (χ4v) is 4.88. The lowest BCUT2D eigenvalue weighted by Crippen LogP contribution is -2.44. The summed E-state index contributed by atoms with van der Waals surface area (Å²) in [7, 11) is 1.14. The number of hydrogen-bond acceptors (Lipinski definition) is 3. The van der Waals surface area contributed by atoms with Crippen molar-refractivity contribution in [3.05, 3.63) is 71.3 Å². The number of fused-ring (bicyclic) bond motifs is 1. The average molecular weight is 423 g/mol. The second kappa shape index (κ2) is 9.78. The summed E-state index contributed by atoms with van der Waals surface area (Å²) in [4.78, 5) is 23.2. The van der Waals surface area contributed by atoms with E-state index in [0.717, 1.165) is 28.7 Å². The number of nitrogens with one attached hydrogen (secondary N) is 1. The van der Waals surface area contributed by atoms with E-state index in [1.54, 1.807) is 0 Å². The molecule has 0 heterocycles. The van der Waals surface area contributed by atoms with E-state index in [4.69, 9.17) is 8.05 Å². The highest BCUT2D eigenvalue weighted by atomic mass is 31.2. The molecule has 7 heteroatoms. The fourth-order valence-electron chi connectivity index (χ4n) is 4.15. The molecule has 0 spiro atoms. The number of carbonyl (C=O) groups is 1. The lowest BCUT2D eigenvalue weighted by atomic mass is 9.70. The van der Waals surface area contributed by atoms with Crippen LogP contribution in [0, 0.1) is 0 Å². The summed E-state index contributed by atoms with van der Waals surface area (Å²) in [5.41, 5.74) is 3.11. The van der Waals surface area contributed by atoms with Gasteiger partial charge >= 0.3 is 7.60 Å². The molecule has 2 radical (unpaired) electrons. The number of benzene rings is 2. The Morgan fingerprint density at radius 2 is 1.83 bits per heavy atom. The summed E-state index contributed by atoms with van der Waals surface area (Å²) >= 11 is 0. The van der Waals surface area contributed by atoms with Gasteiger partial charge in [0, 0.05) is 12.7 Å². The van der Waals surface area contributed by atoms with E-state index in [0.29, 0.717) is 25.8 Å². The first-order valence-electron chi connectivity index (χ1n) is 10.3. The monoisotopic (exact) mass is 423 g/mol. The molecule has 0 bridgehead atoms. The third kappa shape index (κ3) is 4.62. The molecular weight excluding hydrogens is 396 g/mol. The lowest BCUT2D eigenvalue weighted by molar-refractivity contribution is -0.125. The summed E-state index contributed by atoms with van der Waals surface area (Å²) in [6, 6.07) is 17.9. The van der Waals surface area contributed by atoms with Gasteiger partial charge in [-0.2, -0.15) is 0 Å². The summed E-state index contributed by atoms with van der Waals surface area (Å²) in [5, 5.41) is 3.10. The molecule has 156 valence electrons. The Balaban J connectivity index is 2.00. The Bertz CT molecular complexity index is 963. The van der Waals surface area contributed by atoms with Crippen molar-refractivity contribution in [2.45, 2.75) is 38.0 Å². The van der Waals surface area contributed by atoms with Crippen LogP contribution in [-0.4, -0.2) is 31.6 Å². The van der Waals surface area contributed by atoms with Crippen LogP contribution < -0.4 is 5.32 Å². The molecule has 2 aromatic rings. The van der Waals surface area contributed by atoms with Crippen molar-refractivity contribution in [2.24, 2.45) is 0 Å². The van der Waals surface area contributed by atoms with Crippen LogP contribution in [0.25, 0.3) is 11.6 Å². The van der Waals surface area contributed by atoms with Gasteiger partial charge in [-0.15, -0.1) is 0 Å². The van der Waals surface area contributed by atoms with E-state index in [1.165, 1.54) is 0 Å². The van der Waals surface area contributed by atoms with Crippen LogP contribution in [0.3, 0.4) is 0 Å². The highest BCUT2D eigenvalue weighted by Gasteiger charge is 2.47. The normalized spacial score (nSPS) is 19.6. The molecule has 2 N–H and O–H groups in total. The summed E-state index contributed by atoms with van der Waals surface area (Å²) in [6.45, 7) is 2.62. The van der Waals surface area contributed by atoms with E-state index in [2.05, 4.69) is 15.8 Å². The van der Waals surface area contributed by atoms with Crippen LogP contribution in [0.5, 0.6) is 0 Å². The summed E-state index contributed by atoms with van der Waals surface area (Å²) in [5.74, 6) is -0.0355. The Hall–Kier alpha value is -2.14. The number of unbranched alkanes of at least 4 members (excludes halogenated alkanes) is 1. The number of amides is 1. The Morgan fingerprint density at radius 1 is 1.13 bits per heavy atom. The Labute approximate surface area is 179 Å². The van der Waals surface area contributed by atoms with Gasteiger partial charge in [-0.1, -0.05) is 67.9 Å². The van der Waals surface area contributed by atoms with Gasteiger partial charge in [-0.3, -0.25) is 9.36 Å². The van der Waals surface area contributed by atoms with Crippen molar-refractivity contribution in [2.75, 3.05) is 12.7 Å². The van der Waals surface area contributed by atoms with Crippen LogP contribution in [0.15, 0.2) is 54.6 Å². The third-order valence-corrected chi connectivity index (χ3v) is 6.81. The van der Waals surface area contributed by atoms with Crippen molar-refractivity contribution in [3.8, 4) is 0 Å². The van der Waals surface area contributed by atoms with Crippen molar-refractivity contribution < 1.29 is 18.7 Å². The van der Waals surface area contributed by atoms with Crippen LogP contribution in [-0.2, 0) is 19.2 Å². The van der Waals surface area contributed by atoms with Crippen molar-refractivity contribution in [3.63, 3.8) is 0 Å². The van der Waals surface area contributed by atoms with Crippen molar-refractivity contribution in [1.82, 2.24) is 5.32 Å². The van der Waals surface area contributed by atoms with Gasteiger partial charge < -0.3 is 14.7 Å². The quantitative estimate of drug-likeness (QED) is 0.336. The minimum absolute atomic E-state index is 0.0355. The standard InChI is InChI=1S/C23H27BNO4P/c1-2-15-25-22(26)23(14-8-9-16-30(27,28)29-24)20-13-7-6-12-19(20)17-21(23)18-10-4-3-5-11-18/h3-7,10-13,17H,2,8-9,14-16H2,1H3,(H,25,26)(H,27,28). The van der Waals surface area contributed by atoms with Crippen LogP contribution in [0.1, 0.15) is 49.3 Å². The second-order valence-electron chi connectivity index (χ2n) is 7.60. The van der Waals surface area contributed by atoms with Crippen LogP contribution in [0.2, 0.25) is 0 Å². The molecule has 0 aromatic heterocycles. The molecule has 0 fully saturated rings. The molecule has 2 unspecified atom stereocenters. The fraction of sp³-hybridized carbons (Fsp3) is 0.348. The predicted octanol–water partition coefficient (Wildman–Crippen LogP) is 4.46. The van der Waals surface area contributed by atoms with Crippen molar-refractivity contribution >= 4 is 33.2 Å². The molecule has 1 aliphatic carbocycles. The van der Waals surface area contributed by atoms with E-state index in [9.17, 15) is 14.3 Å². The highest BCUT2D eigenvalue weighted by molar-refractivity contribution is 7.53. The zero-order valence-electron chi connectivity index (χ0n) is 17.2. The lowest BCUT2D eigenvalue weighted by Gasteiger charge is -2.33. The maximum atomic E-state index is 13.6. The molecule has 30 heavy (non-hydrogen) atoms. The predicted molar refractivity (Wildman–Crippen MR) is 121 cm³/mol. The first-order valence-corrected chi connectivity index (χ1v) is 12.1. The summed E-state index contributed by atoms with van der Waals surface area (Å²) < 4.78 is 15.9.